The van der Waals surface area contributed by atoms with Gasteiger partial charge in [0.1, 0.15) is 0 Å². The summed E-state index contributed by atoms with van der Waals surface area (Å²) in [6.45, 7) is -0.179. The number of carbonyl (C=O) groups excluding carboxylic acids is 1. The van der Waals surface area contributed by atoms with Gasteiger partial charge in [-0.25, -0.2) is 4.79 Å². The molecule has 0 aromatic rings. The van der Waals surface area contributed by atoms with Gasteiger partial charge in [-0.1, -0.05) is 11.6 Å². The van der Waals surface area contributed by atoms with E-state index in [-0.39, 0.29) is 12.6 Å². The van der Waals surface area contributed by atoms with Gasteiger partial charge in [-0.05, 0) is 0 Å². The summed E-state index contributed by atoms with van der Waals surface area (Å²) >= 11 is 5.06. The number of hydrogen-bond acceptors (Lipinski definition) is 4. The van der Waals surface area contributed by atoms with Crippen molar-refractivity contribution < 1.29 is 24.5 Å². The molecular formula is C6H10ClNO5. The molecule has 0 fully saturated rings. The van der Waals surface area contributed by atoms with E-state index in [0.717, 1.165) is 0 Å². The average Bonchev–Trinajstić information content (AvgIpc) is 2.00. The van der Waals surface area contributed by atoms with Gasteiger partial charge in [-0.3, -0.25) is 4.79 Å². The number of halogens is 1. The lowest BCUT2D eigenvalue weighted by atomic mass is 10.2. The van der Waals surface area contributed by atoms with Crippen molar-refractivity contribution in [3.8, 4) is 0 Å². The van der Waals surface area contributed by atoms with Crippen LogP contribution in [-0.4, -0.2) is 41.0 Å². The fourth-order valence-electron chi connectivity index (χ4n) is 0.575. The maximum absolute atomic E-state index is 10.6. The zero-order valence-electron chi connectivity index (χ0n) is 6.70. The van der Waals surface area contributed by atoms with E-state index < -0.39 is 24.6 Å². The molecule has 0 aliphatic carbocycles. The summed E-state index contributed by atoms with van der Waals surface area (Å²) in [5, 5.41) is 19.3. The van der Waals surface area contributed by atoms with E-state index in [1.165, 1.54) is 0 Å². The summed E-state index contributed by atoms with van der Waals surface area (Å²) in [4.78, 5) is 20.6. The lowest BCUT2D eigenvalue weighted by Gasteiger charge is -2.08. The van der Waals surface area contributed by atoms with Crippen LogP contribution in [0.1, 0.15) is 6.42 Å². The Balaban J connectivity index is 3.51. The van der Waals surface area contributed by atoms with Crippen molar-refractivity contribution in [3.63, 3.8) is 0 Å². The number of carboxylic acids is 1. The number of ether oxygens (including phenoxy) is 1. The van der Waals surface area contributed by atoms with Gasteiger partial charge in [-0.15, -0.1) is 0 Å². The third kappa shape index (κ3) is 7.35. The number of aliphatic carboxylic acids is 1. The fraction of sp³-hybridized carbons (Fsp3) is 0.667. The van der Waals surface area contributed by atoms with Crippen molar-refractivity contribution in [1.82, 2.24) is 5.32 Å². The highest BCUT2D eigenvalue weighted by Crippen LogP contribution is 1.90. The molecule has 1 atom stereocenters. The summed E-state index contributed by atoms with van der Waals surface area (Å²) in [5.74, 6) is -1.14. The van der Waals surface area contributed by atoms with Crippen LogP contribution in [0.15, 0.2) is 0 Å². The molecule has 0 bridgehead atoms. The number of aliphatic hydroxyl groups is 1. The molecule has 0 saturated heterocycles. The van der Waals surface area contributed by atoms with Gasteiger partial charge >= 0.3 is 12.1 Å². The largest absolute Gasteiger partial charge is 0.481 e. The Hall–Kier alpha value is -1.01. The third-order valence-corrected chi connectivity index (χ3v) is 1.19. The average molecular weight is 212 g/mol. The van der Waals surface area contributed by atoms with Gasteiger partial charge in [0.25, 0.3) is 0 Å². The van der Waals surface area contributed by atoms with E-state index in [2.05, 4.69) is 10.1 Å². The molecule has 0 aromatic carbocycles. The van der Waals surface area contributed by atoms with Gasteiger partial charge in [-0.2, -0.15) is 0 Å². The topological polar surface area (TPSA) is 95.9 Å². The predicted molar refractivity (Wildman–Crippen MR) is 43.5 cm³/mol. The molecule has 76 valence electrons. The highest BCUT2D eigenvalue weighted by atomic mass is 35.5. The van der Waals surface area contributed by atoms with Crippen LogP contribution in [-0.2, 0) is 9.53 Å². The Kier molecular flexibility index (Phi) is 5.99. The quantitative estimate of drug-likeness (QED) is 0.545. The highest BCUT2D eigenvalue weighted by Gasteiger charge is 2.10. The summed E-state index contributed by atoms with van der Waals surface area (Å²) in [6, 6.07) is -0.291. The molecule has 0 aliphatic heterocycles. The van der Waals surface area contributed by atoms with Crippen LogP contribution in [0.4, 0.5) is 4.79 Å². The van der Waals surface area contributed by atoms with E-state index in [9.17, 15) is 9.59 Å². The highest BCUT2D eigenvalue weighted by molar-refractivity contribution is 6.17. The molecule has 13 heavy (non-hydrogen) atoms. The van der Waals surface area contributed by atoms with Crippen LogP contribution in [0, 0.1) is 0 Å². The molecule has 0 radical (unpaired) electrons. The second-order valence-electron chi connectivity index (χ2n) is 2.17. The fourth-order valence-corrected chi connectivity index (χ4v) is 0.675. The Morgan fingerprint density at radius 1 is 1.54 bits per heavy atom. The minimum Gasteiger partial charge on any atom is -0.481 e. The van der Waals surface area contributed by atoms with E-state index in [1.807, 2.05) is 0 Å². The Morgan fingerprint density at radius 2 is 2.15 bits per heavy atom. The smallest absolute Gasteiger partial charge is 0.408 e. The molecule has 0 saturated carbocycles. The van der Waals surface area contributed by atoms with Crippen molar-refractivity contribution in [2.24, 2.45) is 0 Å². The number of hydrogen-bond donors (Lipinski definition) is 3. The zero-order valence-corrected chi connectivity index (χ0v) is 7.45. The molecule has 1 amide bonds. The van der Waals surface area contributed by atoms with Crippen LogP contribution in [0.2, 0.25) is 0 Å². The number of alkyl carbamates (subject to hydrolysis) is 1. The van der Waals surface area contributed by atoms with Crippen molar-refractivity contribution in [3.05, 3.63) is 0 Å². The molecular weight excluding hydrogens is 202 g/mol. The Labute approximate surface area is 79.4 Å². The lowest BCUT2D eigenvalue weighted by Crippen LogP contribution is -2.33. The number of carboxylic acid groups (broad SMARTS) is 1. The van der Waals surface area contributed by atoms with E-state index in [1.54, 1.807) is 0 Å². The van der Waals surface area contributed by atoms with Crippen molar-refractivity contribution >= 4 is 23.7 Å². The standard InChI is InChI=1S/C6H10ClNO5/c7-3-13-6(12)8-2-4(9)1-5(10)11/h4,9H,1-3H2,(H,8,12)(H,10,11)/t4-/m0/s1. The number of aliphatic hydroxyl groups excluding tert-OH is 1. The normalized spacial score (nSPS) is 11.8. The zero-order chi connectivity index (χ0) is 10.3. The molecule has 0 unspecified atom stereocenters. The van der Waals surface area contributed by atoms with E-state index in [4.69, 9.17) is 21.8 Å². The Morgan fingerprint density at radius 3 is 2.62 bits per heavy atom. The van der Waals surface area contributed by atoms with Gasteiger partial charge < -0.3 is 20.3 Å². The monoisotopic (exact) mass is 211 g/mol. The summed E-state index contributed by atoms with van der Waals surface area (Å²) in [6.07, 6.45) is -2.35. The Bertz CT molecular complexity index is 186. The second kappa shape index (κ2) is 6.50. The van der Waals surface area contributed by atoms with Gasteiger partial charge in [0.05, 0.1) is 12.5 Å². The summed E-state index contributed by atoms with van der Waals surface area (Å²) in [5.41, 5.74) is 0. The van der Waals surface area contributed by atoms with Crippen LogP contribution in [0.5, 0.6) is 0 Å². The molecule has 0 aliphatic rings. The minimum absolute atomic E-state index is 0.179. The maximum atomic E-state index is 10.6. The van der Waals surface area contributed by atoms with Gasteiger partial charge in [0.15, 0.2) is 6.07 Å². The molecule has 0 spiro atoms. The predicted octanol–water partition coefficient (Wildman–Crippen LogP) is -0.255. The van der Waals surface area contributed by atoms with Crippen LogP contribution in [0.25, 0.3) is 0 Å². The van der Waals surface area contributed by atoms with Gasteiger partial charge in [0.2, 0.25) is 0 Å². The molecule has 0 aromatic heterocycles. The first-order chi connectivity index (χ1) is 6.06. The summed E-state index contributed by atoms with van der Waals surface area (Å²) < 4.78 is 4.25. The second-order valence-corrected chi connectivity index (χ2v) is 2.39. The van der Waals surface area contributed by atoms with Crippen LogP contribution >= 0.6 is 11.6 Å². The van der Waals surface area contributed by atoms with E-state index >= 15 is 0 Å². The number of rotatable bonds is 5. The first kappa shape index (κ1) is 12.0. The number of alkyl halides is 1. The first-order valence-electron chi connectivity index (χ1n) is 3.42. The molecule has 0 heterocycles. The van der Waals surface area contributed by atoms with Crippen molar-refractivity contribution in [2.45, 2.75) is 12.5 Å². The lowest BCUT2D eigenvalue weighted by molar-refractivity contribution is -0.139. The number of nitrogens with one attached hydrogen (secondary N) is 1. The van der Waals surface area contributed by atoms with E-state index in [0.29, 0.717) is 0 Å². The van der Waals surface area contributed by atoms with Crippen LogP contribution in [0.3, 0.4) is 0 Å². The SMILES string of the molecule is O=C(O)C[C@H](O)CNC(=O)OCCl. The third-order valence-electron chi connectivity index (χ3n) is 1.08. The molecule has 7 heteroatoms. The van der Waals surface area contributed by atoms with Crippen molar-refractivity contribution in [2.75, 3.05) is 12.6 Å². The first-order valence-corrected chi connectivity index (χ1v) is 3.96. The summed E-state index contributed by atoms with van der Waals surface area (Å²) in [7, 11) is 0. The van der Waals surface area contributed by atoms with Gasteiger partial charge in [0, 0.05) is 6.54 Å². The number of carbonyl (C=O) groups is 2. The number of amides is 1. The molecule has 3 N–H and O–H groups in total. The maximum Gasteiger partial charge on any atom is 0.408 e. The molecule has 6 nitrogen and oxygen atoms in total. The molecule has 0 rings (SSSR count). The van der Waals surface area contributed by atoms with Crippen molar-refractivity contribution in [1.29, 1.82) is 0 Å². The minimum atomic E-state index is -1.14. The van der Waals surface area contributed by atoms with Crippen LogP contribution < -0.4 is 5.32 Å².